The Hall–Kier alpha value is -2.34. The Kier molecular flexibility index (Phi) is 4.91. The summed E-state index contributed by atoms with van der Waals surface area (Å²) >= 11 is 0. The third kappa shape index (κ3) is 3.86. The fraction of sp³-hybridized carbons (Fsp3) is 0.524. The summed E-state index contributed by atoms with van der Waals surface area (Å²) in [7, 11) is 3.66. The summed E-state index contributed by atoms with van der Waals surface area (Å²) in [6.45, 7) is 2.94. The van der Waals surface area contributed by atoms with Crippen molar-refractivity contribution in [2.24, 2.45) is 7.05 Å². The second kappa shape index (κ2) is 7.35. The van der Waals surface area contributed by atoms with Crippen LogP contribution in [0.2, 0.25) is 0 Å². The van der Waals surface area contributed by atoms with Gasteiger partial charge in [-0.15, -0.1) is 0 Å². The lowest BCUT2D eigenvalue weighted by atomic mass is 9.76. The van der Waals surface area contributed by atoms with Gasteiger partial charge in [0.2, 0.25) is 5.91 Å². The van der Waals surface area contributed by atoms with Gasteiger partial charge in [0.05, 0.1) is 6.20 Å². The van der Waals surface area contributed by atoms with E-state index in [-0.39, 0.29) is 17.4 Å². The summed E-state index contributed by atoms with van der Waals surface area (Å²) in [4.78, 5) is 14.5. The first-order chi connectivity index (χ1) is 13.1. The maximum Gasteiger partial charge on any atom is 0.220 e. The highest BCUT2D eigenvalue weighted by Crippen LogP contribution is 2.46. The van der Waals surface area contributed by atoms with Crippen molar-refractivity contribution in [2.75, 3.05) is 20.1 Å². The van der Waals surface area contributed by atoms with Crippen molar-refractivity contribution in [3.05, 3.63) is 47.8 Å². The summed E-state index contributed by atoms with van der Waals surface area (Å²) in [6, 6.07) is 8.21. The number of nitrogens with zero attached hydrogens (tertiary/aromatic N) is 3. The van der Waals surface area contributed by atoms with Crippen molar-refractivity contribution in [1.82, 2.24) is 20.0 Å². The number of carbonyl (C=O) groups excluding carboxylic acids is 1. The van der Waals surface area contributed by atoms with Crippen molar-refractivity contribution < 1.29 is 9.53 Å². The van der Waals surface area contributed by atoms with Crippen molar-refractivity contribution in [2.45, 2.75) is 43.7 Å². The molecule has 0 radical (unpaired) electrons. The number of ether oxygens (including phenoxy) is 1. The van der Waals surface area contributed by atoms with Gasteiger partial charge in [-0.1, -0.05) is 18.2 Å². The second-order valence-corrected chi connectivity index (χ2v) is 7.90. The SMILES string of the molecule is CNC(=O)C[C@@H]1CC2(CCN(Cc3cnn(C)c3)CC2)Oc2ccccc21. The van der Waals surface area contributed by atoms with Crippen LogP contribution in [0.25, 0.3) is 0 Å². The number of amides is 1. The Morgan fingerprint density at radius 2 is 2.11 bits per heavy atom. The third-order valence-corrected chi connectivity index (χ3v) is 5.95. The molecule has 6 nitrogen and oxygen atoms in total. The lowest BCUT2D eigenvalue weighted by Gasteiger charge is -2.47. The van der Waals surface area contributed by atoms with E-state index < -0.39 is 0 Å². The Morgan fingerprint density at radius 1 is 1.33 bits per heavy atom. The maximum atomic E-state index is 12.1. The normalized spacial score (nSPS) is 21.5. The van der Waals surface area contributed by atoms with Gasteiger partial charge in [0.1, 0.15) is 11.4 Å². The summed E-state index contributed by atoms with van der Waals surface area (Å²) in [5.74, 6) is 1.28. The molecule has 0 bridgehead atoms. The number of likely N-dealkylation sites (tertiary alicyclic amines) is 1. The molecular weight excluding hydrogens is 340 g/mol. The lowest BCUT2D eigenvalue weighted by molar-refractivity contribution is -0.121. The average Bonchev–Trinajstić information content (AvgIpc) is 3.08. The smallest absolute Gasteiger partial charge is 0.220 e. The number of hydrogen-bond acceptors (Lipinski definition) is 4. The fourth-order valence-electron chi connectivity index (χ4n) is 4.49. The lowest BCUT2D eigenvalue weighted by Crippen LogP contribution is -2.50. The molecule has 1 amide bonds. The van der Waals surface area contributed by atoms with E-state index in [1.807, 2.05) is 30.1 Å². The maximum absolute atomic E-state index is 12.1. The highest BCUT2D eigenvalue weighted by molar-refractivity contribution is 5.76. The van der Waals surface area contributed by atoms with Gasteiger partial charge in [0, 0.05) is 57.8 Å². The summed E-state index contributed by atoms with van der Waals surface area (Å²) < 4.78 is 8.39. The number of hydrogen-bond donors (Lipinski definition) is 1. The number of para-hydroxylation sites is 1. The van der Waals surface area contributed by atoms with E-state index in [4.69, 9.17) is 4.74 Å². The van der Waals surface area contributed by atoms with Gasteiger partial charge >= 0.3 is 0 Å². The molecule has 1 atom stereocenters. The van der Waals surface area contributed by atoms with Gasteiger partial charge in [-0.3, -0.25) is 14.4 Å². The molecule has 1 saturated heterocycles. The van der Waals surface area contributed by atoms with Crippen molar-refractivity contribution >= 4 is 5.91 Å². The van der Waals surface area contributed by atoms with Gasteiger partial charge in [-0.05, 0) is 30.9 Å². The van der Waals surface area contributed by atoms with Crippen LogP contribution in [0.1, 0.15) is 42.7 Å². The van der Waals surface area contributed by atoms with Gasteiger partial charge in [-0.25, -0.2) is 0 Å². The van der Waals surface area contributed by atoms with Crippen LogP contribution in [0.5, 0.6) is 5.75 Å². The third-order valence-electron chi connectivity index (χ3n) is 5.95. The van der Waals surface area contributed by atoms with Crippen LogP contribution < -0.4 is 10.1 Å². The number of benzene rings is 1. The zero-order valence-electron chi connectivity index (χ0n) is 16.1. The number of aromatic nitrogens is 2. The molecule has 1 aromatic heterocycles. The molecule has 1 aromatic carbocycles. The first-order valence-corrected chi connectivity index (χ1v) is 9.75. The molecule has 3 heterocycles. The minimum absolute atomic E-state index is 0.0980. The summed E-state index contributed by atoms with van der Waals surface area (Å²) in [6.07, 6.45) is 7.45. The van der Waals surface area contributed by atoms with E-state index in [9.17, 15) is 4.79 Å². The molecule has 2 aliphatic heterocycles. The minimum Gasteiger partial charge on any atom is -0.487 e. The van der Waals surface area contributed by atoms with Crippen molar-refractivity contribution in [3.63, 3.8) is 0 Å². The predicted molar refractivity (Wildman–Crippen MR) is 104 cm³/mol. The zero-order chi connectivity index (χ0) is 18.9. The number of nitrogens with one attached hydrogen (secondary N) is 1. The van der Waals surface area contributed by atoms with Gasteiger partial charge in [0.25, 0.3) is 0 Å². The first kappa shape index (κ1) is 18.0. The predicted octanol–water partition coefficient (Wildman–Crippen LogP) is 2.46. The molecule has 1 spiro atoms. The molecule has 4 rings (SSSR count). The van der Waals surface area contributed by atoms with Crippen LogP contribution in [0.3, 0.4) is 0 Å². The van der Waals surface area contributed by atoms with Gasteiger partial charge < -0.3 is 10.1 Å². The van der Waals surface area contributed by atoms with E-state index in [1.165, 1.54) is 11.1 Å². The Bertz CT molecular complexity index is 808. The topological polar surface area (TPSA) is 59.4 Å². The largest absolute Gasteiger partial charge is 0.487 e. The van der Waals surface area contributed by atoms with Crippen LogP contribution in [-0.4, -0.2) is 46.3 Å². The van der Waals surface area contributed by atoms with Crippen LogP contribution in [0, 0.1) is 0 Å². The molecule has 144 valence electrons. The monoisotopic (exact) mass is 368 g/mol. The van der Waals surface area contributed by atoms with Gasteiger partial charge in [0.15, 0.2) is 0 Å². The highest BCUT2D eigenvalue weighted by Gasteiger charge is 2.43. The number of fused-ring (bicyclic) bond motifs is 1. The number of aryl methyl sites for hydroxylation is 1. The molecule has 2 aliphatic rings. The molecule has 27 heavy (non-hydrogen) atoms. The average molecular weight is 368 g/mol. The fourth-order valence-corrected chi connectivity index (χ4v) is 4.49. The first-order valence-electron chi connectivity index (χ1n) is 9.75. The molecule has 0 unspecified atom stereocenters. The van der Waals surface area contributed by atoms with E-state index in [0.29, 0.717) is 6.42 Å². The Balaban J connectivity index is 1.46. The van der Waals surface area contributed by atoms with E-state index >= 15 is 0 Å². The van der Waals surface area contributed by atoms with Gasteiger partial charge in [-0.2, -0.15) is 5.10 Å². The molecular formula is C21H28N4O2. The van der Waals surface area contributed by atoms with Crippen LogP contribution in [0.15, 0.2) is 36.7 Å². The van der Waals surface area contributed by atoms with Crippen molar-refractivity contribution in [3.8, 4) is 5.75 Å². The quantitative estimate of drug-likeness (QED) is 0.901. The Morgan fingerprint density at radius 3 is 2.81 bits per heavy atom. The molecule has 0 aliphatic carbocycles. The van der Waals surface area contributed by atoms with E-state index in [2.05, 4.69) is 33.6 Å². The van der Waals surface area contributed by atoms with Crippen molar-refractivity contribution in [1.29, 1.82) is 0 Å². The number of rotatable bonds is 4. The highest BCUT2D eigenvalue weighted by atomic mass is 16.5. The number of piperidine rings is 1. The zero-order valence-corrected chi connectivity index (χ0v) is 16.1. The minimum atomic E-state index is -0.154. The standard InChI is InChI=1S/C21H28N4O2/c1-22-20(26)11-17-12-21(27-19-6-4-3-5-18(17)19)7-9-25(10-8-21)15-16-13-23-24(2)14-16/h3-6,13-14,17H,7-12,15H2,1-2H3,(H,22,26)/t17-/m1/s1. The Labute approximate surface area is 160 Å². The molecule has 1 N–H and O–H groups in total. The van der Waals surface area contributed by atoms with Crippen LogP contribution in [-0.2, 0) is 18.4 Å². The second-order valence-electron chi connectivity index (χ2n) is 7.90. The van der Waals surface area contributed by atoms with Crippen LogP contribution in [0.4, 0.5) is 0 Å². The summed E-state index contributed by atoms with van der Waals surface area (Å²) in [5, 5.41) is 7.04. The summed E-state index contributed by atoms with van der Waals surface area (Å²) in [5.41, 5.74) is 2.27. The van der Waals surface area contributed by atoms with E-state index in [0.717, 1.165) is 44.6 Å². The number of carbonyl (C=O) groups is 1. The molecule has 0 saturated carbocycles. The molecule has 1 fully saturated rings. The molecule has 2 aromatic rings. The van der Waals surface area contributed by atoms with Crippen LogP contribution >= 0.6 is 0 Å². The molecule has 6 heteroatoms. The van der Waals surface area contributed by atoms with E-state index in [1.54, 1.807) is 7.05 Å².